The molecule has 5 rings (SSSR count). The van der Waals surface area contributed by atoms with Crippen LogP contribution in [0, 0.1) is 12.7 Å². The minimum atomic E-state index is -0.453. The molecule has 0 atom stereocenters. The maximum Gasteiger partial charge on any atom is 0.276 e. The Bertz CT molecular complexity index is 1730. The van der Waals surface area contributed by atoms with Crippen molar-refractivity contribution < 1.29 is 9.18 Å². The molecule has 1 amide bonds. The van der Waals surface area contributed by atoms with Crippen molar-refractivity contribution in [1.82, 2.24) is 24.3 Å². The van der Waals surface area contributed by atoms with Crippen molar-refractivity contribution in [3.05, 3.63) is 93.4 Å². The molecule has 11 heteroatoms. The van der Waals surface area contributed by atoms with E-state index in [-0.39, 0.29) is 17.1 Å². The van der Waals surface area contributed by atoms with E-state index in [2.05, 4.69) is 25.7 Å². The average molecular weight is 518 g/mol. The number of aryl methyl sites for hydroxylation is 2. The molecule has 9 nitrogen and oxygen atoms in total. The first kappa shape index (κ1) is 24.1. The summed E-state index contributed by atoms with van der Waals surface area (Å²) in [5, 5.41) is 11.0. The molecule has 2 aromatic carbocycles. The molecule has 2 N–H and O–H groups in total. The van der Waals surface area contributed by atoms with Crippen LogP contribution in [0.15, 0.2) is 65.7 Å². The van der Waals surface area contributed by atoms with E-state index < -0.39 is 5.91 Å². The summed E-state index contributed by atoms with van der Waals surface area (Å²) in [5.41, 5.74) is 2.94. The first-order valence-corrected chi connectivity index (χ1v) is 11.6. The summed E-state index contributed by atoms with van der Waals surface area (Å²) in [4.78, 5) is 35.0. The predicted octanol–water partition coefficient (Wildman–Crippen LogP) is 4.58. The highest BCUT2D eigenvalue weighted by atomic mass is 35.5. The number of fused-ring (bicyclic) bond motifs is 1. The van der Waals surface area contributed by atoms with E-state index in [9.17, 15) is 14.0 Å². The van der Waals surface area contributed by atoms with Gasteiger partial charge in [-0.3, -0.25) is 14.2 Å². The number of hydrogen-bond donors (Lipinski definition) is 2. The van der Waals surface area contributed by atoms with E-state index in [1.807, 2.05) is 6.92 Å². The third-order valence-corrected chi connectivity index (χ3v) is 6.34. The summed E-state index contributed by atoms with van der Waals surface area (Å²) in [7, 11) is 3.34. The third-order valence-electron chi connectivity index (χ3n) is 6.01. The van der Waals surface area contributed by atoms with Gasteiger partial charge < -0.3 is 10.6 Å². The van der Waals surface area contributed by atoms with Gasteiger partial charge in [0.25, 0.3) is 11.5 Å². The molecule has 37 heavy (non-hydrogen) atoms. The lowest BCUT2D eigenvalue weighted by molar-refractivity contribution is 0.102. The van der Waals surface area contributed by atoms with Gasteiger partial charge in [-0.2, -0.15) is 10.1 Å². The molecule has 0 radical (unpaired) electrons. The van der Waals surface area contributed by atoms with Crippen LogP contribution in [-0.2, 0) is 7.05 Å². The number of nitrogens with one attached hydrogen (secondary N) is 2. The van der Waals surface area contributed by atoms with Gasteiger partial charge in [0.2, 0.25) is 5.95 Å². The zero-order chi connectivity index (χ0) is 26.3. The molecule has 0 saturated heterocycles. The Kier molecular flexibility index (Phi) is 6.18. The fraction of sp³-hybridized carbons (Fsp3) is 0.115. The van der Waals surface area contributed by atoms with Gasteiger partial charge in [0.1, 0.15) is 11.5 Å². The number of carbonyl (C=O) groups is 1. The second-order valence-corrected chi connectivity index (χ2v) is 8.72. The summed E-state index contributed by atoms with van der Waals surface area (Å²) < 4.78 is 16.1. The van der Waals surface area contributed by atoms with Crippen LogP contribution in [0.2, 0.25) is 5.02 Å². The number of rotatable bonds is 5. The molecular weight excluding hydrogens is 497 g/mol. The topological polar surface area (TPSA) is 107 Å². The number of benzene rings is 2. The van der Waals surface area contributed by atoms with Gasteiger partial charge in [-0.25, -0.2) is 14.1 Å². The zero-order valence-electron chi connectivity index (χ0n) is 20.1. The van der Waals surface area contributed by atoms with E-state index in [0.717, 1.165) is 0 Å². The standard InChI is InChI=1S/C26H21ClFN7O2/c1-14-19-13-30-26(29-2)32-23(19)34(3)25(37)22(14)18-12-16(6-9-20(18)27)31-24(36)21-10-11-35(33-21)17-7-4-15(28)5-8-17/h4-13H,1-3H3,(H,31,36)(H,29,30,32). The van der Waals surface area contributed by atoms with Crippen LogP contribution in [-0.4, -0.2) is 37.3 Å². The highest BCUT2D eigenvalue weighted by Gasteiger charge is 2.19. The van der Waals surface area contributed by atoms with E-state index >= 15 is 0 Å². The maximum absolute atomic E-state index is 13.4. The summed E-state index contributed by atoms with van der Waals surface area (Å²) >= 11 is 6.52. The summed E-state index contributed by atoms with van der Waals surface area (Å²) in [6.07, 6.45) is 3.27. The van der Waals surface area contributed by atoms with Crippen LogP contribution in [0.25, 0.3) is 27.8 Å². The second-order valence-electron chi connectivity index (χ2n) is 8.32. The molecule has 5 aromatic rings. The average Bonchev–Trinajstić information content (AvgIpc) is 3.40. The quantitative estimate of drug-likeness (QED) is 0.353. The highest BCUT2D eigenvalue weighted by Crippen LogP contribution is 2.33. The van der Waals surface area contributed by atoms with E-state index in [0.29, 0.717) is 50.1 Å². The number of nitrogens with zero attached hydrogens (tertiary/aromatic N) is 5. The Morgan fingerprint density at radius 1 is 1.11 bits per heavy atom. The van der Waals surface area contributed by atoms with Crippen LogP contribution in [0.5, 0.6) is 0 Å². The molecule has 0 unspecified atom stereocenters. The zero-order valence-corrected chi connectivity index (χ0v) is 20.8. The van der Waals surface area contributed by atoms with Gasteiger partial charge in [-0.1, -0.05) is 11.6 Å². The Morgan fingerprint density at radius 3 is 2.59 bits per heavy atom. The molecule has 3 aromatic heterocycles. The minimum absolute atomic E-state index is 0.163. The first-order chi connectivity index (χ1) is 17.8. The molecule has 0 spiro atoms. The van der Waals surface area contributed by atoms with E-state index in [1.165, 1.54) is 21.4 Å². The lowest BCUT2D eigenvalue weighted by Crippen LogP contribution is -2.22. The number of carbonyl (C=O) groups excluding carboxylic acids is 1. The number of anilines is 2. The van der Waals surface area contributed by atoms with Gasteiger partial charge in [-0.15, -0.1) is 0 Å². The summed E-state index contributed by atoms with van der Waals surface area (Å²) in [5.74, 6) is -0.413. The van der Waals surface area contributed by atoms with Crippen molar-refractivity contribution in [2.45, 2.75) is 6.92 Å². The lowest BCUT2D eigenvalue weighted by Gasteiger charge is -2.15. The fourth-order valence-electron chi connectivity index (χ4n) is 4.06. The van der Waals surface area contributed by atoms with Crippen LogP contribution < -0.4 is 16.2 Å². The van der Waals surface area contributed by atoms with Crippen LogP contribution in [0.3, 0.4) is 0 Å². The third kappa shape index (κ3) is 4.43. The largest absolute Gasteiger partial charge is 0.357 e. The Hall–Kier alpha value is -4.57. The lowest BCUT2D eigenvalue weighted by atomic mass is 9.99. The van der Waals surface area contributed by atoms with E-state index in [4.69, 9.17) is 11.6 Å². The van der Waals surface area contributed by atoms with Crippen molar-refractivity contribution in [3.63, 3.8) is 0 Å². The number of halogens is 2. The molecule has 3 heterocycles. The highest BCUT2D eigenvalue weighted by molar-refractivity contribution is 6.33. The second kappa shape index (κ2) is 9.47. The number of hydrogen-bond acceptors (Lipinski definition) is 6. The molecule has 0 saturated carbocycles. The monoisotopic (exact) mass is 517 g/mol. The SMILES string of the molecule is CNc1ncc2c(C)c(-c3cc(NC(=O)c4ccn(-c5ccc(F)cc5)n4)ccc3Cl)c(=O)n(C)c2n1. The maximum atomic E-state index is 13.4. The first-order valence-electron chi connectivity index (χ1n) is 11.2. The van der Waals surface area contributed by atoms with Crippen molar-refractivity contribution in [2.75, 3.05) is 17.7 Å². The van der Waals surface area contributed by atoms with Crippen LogP contribution in [0.4, 0.5) is 16.0 Å². The Morgan fingerprint density at radius 2 is 1.86 bits per heavy atom. The molecule has 0 aliphatic carbocycles. The van der Waals surface area contributed by atoms with Gasteiger partial charge in [0.15, 0.2) is 5.69 Å². The van der Waals surface area contributed by atoms with Crippen molar-refractivity contribution >= 4 is 40.2 Å². The van der Waals surface area contributed by atoms with Crippen LogP contribution in [0.1, 0.15) is 16.1 Å². The van der Waals surface area contributed by atoms with E-state index in [1.54, 1.807) is 62.9 Å². The van der Waals surface area contributed by atoms with Crippen molar-refractivity contribution in [2.24, 2.45) is 7.05 Å². The van der Waals surface area contributed by atoms with Crippen molar-refractivity contribution in [3.8, 4) is 16.8 Å². The van der Waals surface area contributed by atoms with Gasteiger partial charge in [0, 0.05) is 48.1 Å². The van der Waals surface area contributed by atoms with Gasteiger partial charge in [-0.05, 0) is 61.0 Å². The molecular formula is C26H21ClFN7O2. The molecule has 0 fully saturated rings. The summed E-state index contributed by atoms with van der Waals surface area (Å²) in [6.45, 7) is 1.81. The number of pyridine rings is 1. The number of aromatic nitrogens is 5. The van der Waals surface area contributed by atoms with Crippen LogP contribution >= 0.6 is 11.6 Å². The summed E-state index contributed by atoms with van der Waals surface area (Å²) in [6, 6.07) is 12.2. The van der Waals surface area contributed by atoms with Gasteiger partial charge in [0.05, 0.1) is 11.3 Å². The van der Waals surface area contributed by atoms with Crippen molar-refractivity contribution in [1.29, 1.82) is 0 Å². The molecule has 186 valence electrons. The Balaban J connectivity index is 1.49. The molecule has 0 bridgehead atoms. The number of amides is 1. The molecule has 0 aliphatic rings. The fourth-order valence-corrected chi connectivity index (χ4v) is 4.27. The molecule has 0 aliphatic heterocycles. The smallest absolute Gasteiger partial charge is 0.276 e. The minimum Gasteiger partial charge on any atom is -0.357 e. The Labute approximate surface area is 215 Å². The normalized spacial score (nSPS) is 11.1. The predicted molar refractivity (Wildman–Crippen MR) is 141 cm³/mol. The van der Waals surface area contributed by atoms with Gasteiger partial charge >= 0.3 is 0 Å².